The minimum Gasteiger partial charge on any atom is -0.480 e. The second-order valence-corrected chi connectivity index (χ2v) is 5.05. The second kappa shape index (κ2) is 6.47. The minimum absolute atomic E-state index is 0.120. The number of urea groups is 1. The Labute approximate surface area is 102 Å². The highest BCUT2D eigenvalue weighted by Crippen LogP contribution is 2.28. The molecule has 1 fully saturated rings. The van der Waals surface area contributed by atoms with E-state index in [4.69, 9.17) is 5.11 Å². The topological polar surface area (TPSA) is 78.4 Å². The molecule has 5 heteroatoms. The quantitative estimate of drug-likeness (QED) is 0.661. The molecule has 1 saturated carbocycles. The summed E-state index contributed by atoms with van der Waals surface area (Å²) in [4.78, 5) is 22.3. The number of carboxylic acid groups (broad SMARTS) is 1. The molecular weight excluding hydrogens is 220 g/mol. The fourth-order valence-electron chi connectivity index (χ4n) is 1.88. The fraction of sp³-hybridized carbons (Fsp3) is 0.833. The molecule has 0 aromatic carbocycles. The molecule has 17 heavy (non-hydrogen) atoms. The van der Waals surface area contributed by atoms with Crippen LogP contribution in [0.4, 0.5) is 4.79 Å². The normalized spacial score (nSPS) is 17.4. The highest BCUT2D eigenvalue weighted by atomic mass is 16.4. The van der Waals surface area contributed by atoms with Gasteiger partial charge in [-0.05, 0) is 18.3 Å². The average Bonchev–Trinajstić information content (AvgIpc) is 2.17. The van der Waals surface area contributed by atoms with Gasteiger partial charge in [-0.25, -0.2) is 9.59 Å². The molecule has 0 saturated heterocycles. The first-order chi connectivity index (χ1) is 8.00. The Hall–Kier alpha value is -1.26. The molecule has 0 aliphatic heterocycles. The van der Waals surface area contributed by atoms with Crippen molar-refractivity contribution in [1.29, 1.82) is 0 Å². The van der Waals surface area contributed by atoms with E-state index < -0.39 is 12.0 Å². The van der Waals surface area contributed by atoms with Crippen molar-refractivity contribution in [3.8, 4) is 0 Å². The first kappa shape index (κ1) is 13.8. The summed E-state index contributed by atoms with van der Waals surface area (Å²) >= 11 is 0. The van der Waals surface area contributed by atoms with E-state index in [9.17, 15) is 9.59 Å². The lowest BCUT2D eigenvalue weighted by molar-refractivity contribution is -0.140. The van der Waals surface area contributed by atoms with Crippen LogP contribution < -0.4 is 10.6 Å². The van der Waals surface area contributed by atoms with Crippen molar-refractivity contribution in [1.82, 2.24) is 10.6 Å². The van der Waals surface area contributed by atoms with Crippen molar-refractivity contribution in [2.75, 3.05) is 6.54 Å². The number of carbonyl (C=O) groups is 2. The van der Waals surface area contributed by atoms with Crippen LogP contribution in [0.1, 0.15) is 39.5 Å². The highest BCUT2D eigenvalue weighted by molar-refractivity contribution is 5.82. The van der Waals surface area contributed by atoms with Crippen molar-refractivity contribution in [2.24, 2.45) is 11.8 Å². The number of amides is 2. The van der Waals surface area contributed by atoms with Crippen LogP contribution in [0.25, 0.3) is 0 Å². The summed E-state index contributed by atoms with van der Waals surface area (Å²) in [7, 11) is 0. The minimum atomic E-state index is -0.992. The van der Waals surface area contributed by atoms with Gasteiger partial charge in [0, 0.05) is 6.54 Å². The van der Waals surface area contributed by atoms with Crippen molar-refractivity contribution in [3.63, 3.8) is 0 Å². The number of nitrogens with one attached hydrogen (secondary N) is 2. The van der Waals surface area contributed by atoms with Gasteiger partial charge in [-0.15, -0.1) is 0 Å². The third kappa shape index (κ3) is 4.63. The molecular formula is C12H22N2O3. The Balaban J connectivity index is 2.19. The summed E-state index contributed by atoms with van der Waals surface area (Å²) in [5.74, 6) is -0.366. The van der Waals surface area contributed by atoms with Gasteiger partial charge in [0.2, 0.25) is 0 Å². The Morgan fingerprint density at radius 2 is 2.00 bits per heavy atom. The zero-order chi connectivity index (χ0) is 12.8. The lowest BCUT2D eigenvalue weighted by Crippen LogP contribution is -2.48. The second-order valence-electron chi connectivity index (χ2n) is 5.05. The van der Waals surface area contributed by atoms with Crippen LogP contribution in [0.2, 0.25) is 0 Å². The zero-order valence-corrected chi connectivity index (χ0v) is 10.5. The summed E-state index contributed by atoms with van der Waals surface area (Å²) in [6.45, 7) is 4.17. The number of carbonyl (C=O) groups excluding carboxylic acids is 1. The molecule has 0 bridgehead atoms. The van der Waals surface area contributed by atoms with Gasteiger partial charge in [0.1, 0.15) is 6.04 Å². The molecule has 0 radical (unpaired) electrons. The molecule has 1 aliphatic rings. The summed E-state index contributed by atoms with van der Waals surface area (Å²) in [5, 5.41) is 14.1. The third-order valence-electron chi connectivity index (χ3n) is 3.28. The first-order valence-corrected chi connectivity index (χ1v) is 6.28. The van der Waals surface area contributed by atoms with E-state index in [0.29, 0.717) is 6.54 Å². The van der Waals surface area contributed by atoms with Crippen LogP contribution in [0.5, 0.6) is 0 Å². The van der Waals surface area contributed by atoms with E-state index in [1.54, 1.807) is 13.8 Å². The van der Waals surface area contributed by atoms with E-state index >= 15 is 0 Å². The predicted molar refractivity (Wildman–Crippen MR) is 64.8 cm³/mol. The van der Waals surface area contributed by atoms with Crippen LogP contribution >= 0.6 is 0 Å². The van der Waals surface area contributed by atoms with Crippen LogP contribution in [0.15, 0.2) is 0 Å². The van der Waals surface area contributed by atoms with E-state index in [1.807, 2.05) is 0 Å². The van der Waals surface area contributed by atoms with Gasteiger partial charge in [-0.1, -0.05) is 33.1 Å². The first-order valence-electron chi connectivity index (χ1n) is 6.28. The van der Waals surface area contributed by atoms with Crippen molar-refractivity contribution in [3.05, 3.63) is 0 Å². The Kier molecular flexibility index (Phi) is 5.25. The van der Waals surface area contributed by atoms with Gasteiger partial charge in [0.25, 0.3) is 0 Å². The lowest BCUT2D eigenvalue weighted by Gasteiger charge is -2.25. The molecule has 0 heterocycles. The highest BCUT2D eigenvalue weighted by Gasteiger charge is 2.23. The van der Waals surface area contributed by atoms with Gasteiger partial charge in [0.15, 0.2) is 0 Å². The van der Waals surface area contributed by atoms with E-state index in [2.05, 4.69) is 10.6 Å². The lowest BCUT2D eigenvalue weighted by atomic mass is 9.83. The smallest absolute Gasteiger partial charge is 0.326 e. The van der Waals surface area contributed by atoms with Gasteiger partial charge in [0.05, 0.1) is 0 Å². The molecule has 98 valence electrons. The van der Waals surface area contributed by atoms with E-state index in [-0.39, 0.29) is 11.9 Å². The van der Waals surface area contributed by atoms with Crippen LogP contribution in [0.3, 0.4) is 0 Å². The maximum atomic E-state index is 11.5. The molecule has 0 aromatic rings. The van der Waals surface area contributed by atoms with Crippen LogP contribution in [0, 0.1) is 11.8 Å². The number of carboxylic acids is 1. The molecule has 0 unspecified atom stereocenters. The summed E-state index contributed by atoms with van der Waals surface area (Å²) in [6, 6.07) is -1.20. The average molecular weight is 242 g/mol. The Morgan fingerprint density at radius 1 is 1.35 bits per heavy atom. The summed E-state index contributed by atoms with van der Waals surface area (Å²) in [6.07, 6.45) is 4.80. The maximum absolute atomic E-state index is 11.5. The van der Waals surface area contributed by atoms with Crippen molar-refractivity contribution in [2.45, 2.75) is 45.6 Å². The number of rotatable bonds is 6. The van der Waals surface area contributed by atoms with E-state index in [1.165, 1.54) is 19.3 Å². The molecule has 5 nitrogen and oxygen atoms in total. The van der Waals surface area contributed by atoms with Crippen molar-refractivity contribution < 1.29 is 14.7 Å². The molecule has 2 amide bonds. The predicted octanol–water partition coefficient (Wildman–Crippen LogP) is 1.58. The molecule has 0 spiro atoms. The largest absolute Gasteiger partial charge is 0.480 e. The number of aliphatic carboxylic acids is 1. The molecule has 0 aromatic heterocycles. The zero-order valence-electron chi connectivity index (χ0n) is 10.5. The van der Waals surface area contributed by atoms with Gasteiger partial charge in [-0.2, -0.15) is 0 Å². The SMILES string of the molecule is CC(C)[C@@H](NC(=O)NCCC1CCC1)C(=O)O. The standard InChI is InChI=1S/C12H22N2O3/c1-8(2)10(11(15)16)14-12(17)13-7-6-9-4-3-5-9/h8-10H,3-7H2,1-2H3,(H,15,16)(H2,13,14,17)/t10-/m1/s1. The molecule has 3 N–H and O–H groups in total. The third-order valence-corrected chi connectivity index (χ3v) is 3.28. The number of hydrogen-bond donors (Lipinski definition) is 3. The van der Waals surface area contributed by atoms with Gasteiger partial charge >= 0.3 is 12.0 Å². The Morgan fingerprint density at radius 3 is 2.41 bits per heavy atom. The Bertz CT molecular complexity index is 275. The monoisotopic (exact) mass is 242 g/mol. The summed E-state index contributed by atoms with van der Waals surface area (Å²) < 4.78 is 0. The van der Waals surface area contributed by atoms with Crippen LogP contribution in [-0.4, -0.2) is 29.7 Å². The van der Waals surface area contributed by atoms with Crippen LogP contribution in [-0.2, 0) is 4.79 Å². The van der Waals surface area contributed by atoms with Gasteiger partial charge in [-0.3, -0.25) is 0 Å². The molecule has 1 aliphatic carbocycles. The number of hydrogen-bond acceptors (Lipinski definition) is 2. The van der Waals surface area contributed by atoms with Gasteiger partial charge < -0.3 is 15.7 Å². The van der Waals surface area contributed by atoms with E-state index in [0.717, 1.165) is 12.3 Å². The molecule has 1 rings (SSSR count). The molecule has 1 atom stereocenters. The summed E-state index contributed by atoms with van der Waals surface area (Å²) in [5.41, 5.74) is 0. The van der Waals surface area contributed by atoms with Crippen molar-refractivity contribution >= 4 is 12.0 Å². The maximum Gasteiger partial charge on any atom is 0.326 e. The fourth-order valence-corrected chi connectivity index (χ4v) is 1.88.